The molecule has 0 spiro atoms. The lowest BCUT2D eigenvalue weighted by Crippen LogP contribution is -2.30. The molecule has 2 aromatic carbocycles. The third-order valence-corrected chi connectivity index (χ3v) is 6.08. The fraction of sp³-hybridized carbons (Fsp3) is 0.304. The number of aromatic nitrogens is 2. The van der Waals surface area contributed by atoms with Crippen molar-refractivity contribution in [3.8, 4) is 0 Å². The van der Waals surface area contributed by atoms with Crippen LogP contribution in [-0.2, 0) is 6.42 Å². The molecule has 30 heavy (non-hydrogen) atoms. The van der Waals surface area contributed by atoms with Crippen LogP contribution in [0.5, 0.6) is 0 Å². The van der Waals surface area contributed by atoms with E-state index in [-0.39, 0.29) is 11.8 Å². The van der Waals surface area contributed by atoms with Gasteiger partial charge in [0.15, 0.2) is 0 Å². The van der Waals surface area contributed by atoms with E-state index in [2.05, 4.69) is 29.3 Å². The van der Waals surface area contributed by atoms with Gasteiger partial charge >= 0.3 is 0 Å². The molecule has 1 unspecified atom stereocenters. The van der Waals surface area contributed by atoms with Crippen molar-refractivity contribution >= 4 is 23.6 Å². The first-order valence-corrected chi connectivity index (χ1v) is 11.1. The van der Waals surface area contributed by atoms with Crippen molar-refractivity contribution in [3.05, 3.63) is 77.2 Å². The topological polar surface area (TPSA) is 76.3 Å². The molecule has 0 saturated carbocycles. The highest BCUT2D eigenvalue weighted by Gasteiger charge is 2.34. The Morgan fingerprint density at radius 3 is 2.30 bits per heavy atom. The van der Waals surface area contributed by atoms with Gasteiger partial charge in [0, 0.05) is 18.7 Å². The SMILES string of the molecule is CC(Cc1nnc(SCCCCN2C(=O)c3ccccc3C2=O)o1)c1ccccc1. The van der Waals surface area contributed by atoms with E-state index in [9.17, 15) is 9.59 Å². The van der Waals surface area contributed by atoms with Crippen molar-refractivity contribution in [2.24, 2.45) is 0 Å². The average Bonchev–Trinajstić information content (AvgIpc) is 3.32. The maximum absolute atomic E-state index is 12.4. The third kappa shape index (κ3) is 4.46. The molecule has 0 aliphatic carbocycles. The van der Waals surface area contributed by atoms with Gasteiger partial charge in [-0.3, -0.25) is 14.5 Å². The molecular formula is C23H23N3O3S. The fourth-order valence-corrected chi connectivity index (χ4v) is 4.29. The second kappa shape index (κ2) is 9.26. The number of amides is 2. The summed E-state index contributed by atoms with van der Waals surface area (Å²) in [5, 5.41) is 8.83. The molecule has 4 rings (SSSR count). The van der Waals surface area contributed by atoms with Gasteiger partial charge in [-0.1, -0.05) is 61.2 Å². The zero-order valence-electron chi connectivity index (χ0n) is 16.8. The normalized spacial score (nSPS) is 14.2. The van der Waals surface area contributed by atoms with Crippen molar-refractivity contribution in [2.75, 3.05) is 12.3 Å². The van der Waals surface area contributed by atoms with Gasteiger partial charge in [-0.2, -0.15) is 0 Å². The summed E-state index contributed by atoms with van der Waals surface area (Å²) in [6, 6.07) is 17.2. The van der Waals surface area contributed by atoms with E-state index in [1.165, 1.54) is 22.2 Å². The minimum Gasteiger partial charge on any atom is -0.416 e. The molecule has 2 amide bonds. The Balaban J connectivity index is 1.20. The number of carbonyl (C=O) groups excluding carboxylic acids is 2. The highest BCUT2D eigenvalue weighted by atomic mass is 32.2. The van der Waals surface area contributed by atoms with Crippen molar-refractivity contribution < 1.29 is 14.0 Å². The quantitative estimate of drug-likeness (QED) is 0.286. The molecule has 0 bridgehead atoms. The van der Waals surface area contributed by atoms with Gasteiger partial charge in [0.2, 0.25) is 5.89 Å². The molecule has 0 fully saturated rings. The summed E-state index contributed by atoms with van der Waals surface area (Å²) in [6.07, 6.45) is 2.29. The first-order valence-electron chi connectivity index (χ1n) is 10.1. The molecule has 3 aromatic rings. The molecule has 154 valence electrons. The predicted molar refractivity (Wildman–Crippen MR) is 115 cm³/mol. The Morgan fingerprint density at radius 1 is 0.933 bits per heavy atom. The molecule has 1 aliphatic heterocycles. The standard InChI is InChI=1S/C23H23N3O3S/c1-16(17-9-3-2-4-10-17)15-20-24-25-23(29-20)30-14-8-7-13-26-21(27)18-11-5-6-12-19(18)22(26)28/h2-6,9-12,16H,7-8,13-15H2,1H3. The van der Waals surface area contributed by atoms with Crippen LogP contribution in [0, 0.1) is 0 Å². The molecule has 1 aliphatic rings. The number of thioether (sulfide) groups is 1. The summed E-state index contributed by atoms with van der Waals surface area (Å²) in [6.45, 7) is 2.57. The van der Waals surface area contributed by atoms with Crippen LogP contribution in [0.3, 0.4) is 0 Å². The van der Waals surface area contributed by atoms with Gasteiger partial charge in [0.05, 0.1) is 11.1 Å². The number of imide groups is 1. The Hall–Kier alpha value is -2.93. The monoisotopic (exact) mass is 421 g/mol. The van der Waals surface area contributed by atoms with Crippen molar-refractivity contribution in [1.29, 1.82) is 0 Å². The summed E-state index contributed by atoms with van der Waals surface area (Å²) in [7, 11) is 0. The van der Waals surface area contributed by atoms with Gasteiger partial charge in [-0.25, -0.2) is 0 Å². The molecule has 0 N–H and O–H groups in total. The molecule has 2 heterocycles. The van der Waals surface area contributed by atoms with Crippen LogP contribution in [0.2, 0.25) is 0 Å². The van der Waals surface area contributed by atoms with Crippen LogP contribution in [-0.4, -0.2) is 39.2 Å². The first kappa shape index (κ1) is 20.3. The van der Waals surface area contributed by atoms with Gasteiger partial charge in [-0.15, -0.1) is 10.2 Å². The number of benzene rings is 2. The van der Waals surface area contributed by atoms with Gasteiger partial charge in [-0.05, 0) is 36.5 Å². The lowest BCUT2D eigenvalue weighted by Gasteiger charge is -2.13. The smallest absolute Gasteiger partial charge is 0.276 e. The third-order valence-electron chi connectivity index (χ3n) is 5.18. The number of fused-ring (bicyclic) bond motifs is 1. The second-order valence-corrected chi connectivity index (χ2v) is 8.39. The fourth-order valence-electron chi connectivity index (χ4n) is 3.51. The molecule has 7 heteroatoms. The van der Waals surface area contributed by atoms with Crippen LogP contribution >= 0.6 is 11.8 Å². The van der Waals surface area contributed by atoms with Gasteiger partial charge in [0.1, 0.15) is 0 Å². The summed E-state index contributed by atoms with van der Waals surface area (Å²) in [5.41, 5.74) is 2.25. The molecule has 6 nitrogen and oxygen atoms in total. The number of hydrogen-bond donors (Lipinski definition) is 0. The van der Waals surface area contributed by atoms with E-state index in [0.717, 1.165) is 18.6 Å². The summed E-state index contributed by atoms with van der Waals surface area (Å²) < 4.78 is 5.75. The molecule has 1 aromatic heterocycles. The van der Waals surface area contributed by atoms with Gasteiger partial charge in [0.25, 0.3) is 17.0 Å². The summed E-state index contributed by atoms with van der Waals surface area (Å²) in [4.78, 5) is 26.0. The minimum atomic E-state index is -0.197. The Labute approximate surface area is 179 Å². The highest BCUT2D eigenvalue weighted by Crippen LogP contribution is 2.25. The lowest BCUT2D eigenvalue weighted by molar-refractivity contribution is 0.0652. The van der Waals surface area contributed by atoms with Gasteiger partial charge < -0.3 is 4.42 Å². The van der Waals surface area contributed by atoms with E-state index < -0.39 is 0 Å². The molecule has 0 saturated heterocycles. The Bertz CT molecular complexity index is 1000. The molecular weight excluding hydrogens is 398 g/mol. The number of nitrogens with zero attached hydrogens (tertiary/aromatic N) is 3. The average molecular weight is 422 g/mol. The summed E-state index contributed by atoms with van der Waals surface area (Å²) in [5.74, 6) is 1.35. The number of carbonyl (C=O) groups is 2. The van der Waals surface area contributed by atoms with Crippen LogP contribution < -0.4 is 0 Å². The van der Waals surface area contributed by atoms with Crippen molar-refractivity contribution in [2.45, 2.75) is 37.3 Å². The van der Waals surface area contributed by atoms with Crippen molar-refractivity contribution in [1.82, 2.24) is 15.1 Å². The van der Waals surface area contributed by atoms with E-state index in [1.54, 1.807) is 24.3 Å². The summed E-state index contributed by atoms with van der Waals surface area (Å²) >= 11 is 1.51. The van der Waals surface area contributed by atoms with E-state index in [0.29, 0.717) is 41.1 Å². The maximum atomic E-state index is 12.4. The number of hydrogen-bond acceptors (Lipinski definition) is 6. The lowest BCUT2D eigenvalue weighted by atomic mass is 9.98. The highest BCUT2D eigenvalue weighted by molar-refractivity contribution is 7.99. The Morgan fingerprint density at radius 2 is 1.60 bits per heavy atom. The van der Waals surface area contributed by atoms with E-state index >= 15 is 0 Å². The van der Waals surface area contributed by atoms with Crippen molar-refractivity contribution in [3.63, 3.8) is 0 Å². The van der Waals surface area contributed by atoms with Crippen LogP contribution in [0.25, 0.3) is 0 Å². The van der Waals surface area contributed by atoms with Crippen LogP contribution in [0.1, 0.15) is 57.9 Å². The van der Waals surface area contributed by atoms with E-state index in [4.69, 9.17) is 4.42 Å². The molecule has 0 radical (unpaired) electrons. The number of unbranched alkanes of at least 4 members (excludes halogenated alkanes) is 1. The largest absolute Gasteiger partial charge is 0.416 e. The zero-order valence-corrected chi connectivity index (χ0v) is 17.6. The molecule has 1 atom stereocenters. The van der Waals surface area contributed by atoms with Crippen LogP contribution in [0.4, 0.5) is 0 Å². The maximum Gasteiger partial charge on any atom is 0.276 e. The second-order valence-electron chi connectivity index (χ2n) is 7.34. The van der Waals surface area contributed by atoms with Crippen LogP contribution in [0.15, 0.2) is 64.2 Å². The zero-order chi connectivity index (χ0) is 20.9. The van der Waals surface area contributed by atoms with E-state index in [1.807, 2.05) is 18.2 Å². The Kier molecular flexibility index (Phi) is 6.28. The predicted octanol–water partition coefficient (Wildman–Crippen LogP) is 4.58. The first-order chi connectivity index (χ1) is 14.6. The minimum absolute atomic E-state index is 0.197. The number of rotatable bonds is 9.